The summed E-state index contributed by atoms with van der Waals surface area (Å²) in [6.45, 7) is 9.97. The lowest BCUT2D eigenvalue weighted by atomic mass is 9.86. The minimum Gasteiger partial charge on any atom is -0.307 e. The summed E-state index contributed by atoms with van der Waals surface area (Å²) in [5, 5.41) is 3.75. The average molecular weight is 285 g/mol. The van der Waals surface area contributed by atoms with Crippen molar-refractivity contribution in [1.29, 1.82) is 0 Å². The van der Waals surface area contributed by atoms with Crippen molar-refractivity contribution in [2.75, 3.05) is 6.54 Å². The highest BCUT2D eigenvalue weighted by Gasteiger charge is 2.20. The Morgan fingerprint density at radius 1 is 1.00 bits per heavy atom. The van der Waals surface area contributed by atoms with Crippen LogP contribution in [0.25, 0.3) is 0 Å². The van der Waals surface area contributed by atoms with E-state index in [1.165, 1.54) is 60.8 Å². The monoisotopic (exact) mass is 285 g/mol. The predicted molar refractivity (Wildman–Crippen MR) is 92.9 cm³/mol. The van der Waals surface area contributed by atoms with Gasteiger partial charge in [0.15, 0.2) is 0 Å². The number of nitrogens with one attached hydrogen (secondary N) is 1. The van der Waals surface area contributed by atoms with Crippen LogP contribution in [0.1, 0.15) is 73.7 Å². The lowest BCUT2D eigenvalue weighted by Crippen LogP contribution is -2.25. The van der Waals surface area contributed by atoms with Crippen LogP contribution >= 0.6 is 0 Å². The second kappa shape index (κ2) is 7.79. The Hall–Kier alpha value is -1.08. The van der Waals surface area contributed by atoms with Crippen molar-refractivity contribution >= 4 is 0 Å². The first kappa shape index (κ1) is 16.3. The molecule has 1 heteroatoms. The zero-order chi connectivity index (χ0) is 15.2. The molecule has 0 bridgehead atoms. The topological polar surface area (TPSA) is 12.0 Å². The van der Waals surface area contributed by atoms with Crippen LogP contribution in [-0.4, -0.2) is 6.54 Å². The minimum absolute atomic E-state index is 0.411. The molecular weight excluding hydrogens is 254 g/mol. The summed E-state index contributed by atoms with van der Waals surface area (Å²) >= 11 is 0. The molecule has 0 aliphatic heterocycles. The fourth-order valence-corrected chi connectivity index (χ4v) is 3.75. The van der Waals surface area contributed by atoms with Crippen molar-refractivity contribution in [2.45, 2.75) is 72.3 Å². The Kier molecular flexibility index (Phi) is 6.05. The van der Waals surface area contributed by atoms with E-state index < -0.39 is 0 Å². The zero-order valence-corrected chi connectivity index (χ0v) is 14.3. The summed E-state index contributed by atoms with van der Waals surface area (Å²) in [4.78, 5) is 0. The maximum absolute atomic E-state index is 3.75. The summed E-state index contributed by atoms with van der Waals surface area (Å²) < 4.78 is 0. The van der Waals surface area contributed by atoms with E-state index >= 15 is 0 Å². The first-order valence-electron chi connectivity index (χ1n) is 8.63. The van der Waals surface area contributed by atoms with Crippen LogP contribution < -0.4 is 5.32 Å². The van der Waals surface area contributed by atoms with E-state index in [1.54, 1.807) is 5.57 Å². The molecule has 1 nitrogen and oxygen atoms in total. The molecule has 0 radical (unpaired) electrons. The number of allylic oxidation sites excluding steroid dienone is 1. The Morgan fingerprint density at radius 2 is 1.67 bits per heavy atom. The number of hydrogen-bond donors (Lipinski definition) is 1. The van der Waals surface area contributed by atoms with Crippen LogP contribution in [-0.2, 0) is 0 Å². The van der Waals surface area contributed by atoms with Gasteiger partial charge in [0.2, 0.25) is 0 Å². The fourth-order valence-electron chi connectivity index (χ4n) is 3.75. The Balaban J connectivity index is 2.38. The molecule has 116 valence electrons. The molecule has 0 amide bonds. The smallest absolute Gasteiger partial charge is 0.0541 e. The van der Waals surface area contributed by atoms with Crippen LogP contribution in [0.2, 0.25) is 0 Å². The van der Waals surface area contributed by atoms with E-state index in [0.29, 0.717) is 6.04 Å². The molecule has 1 aliphatic rings. The van der Waals surface area contributed by atoms with Crippen LogP contribution in [0.15, 0.2) is 23.8 Å². The molecule has 1 aliphatic carbocycles. The quantitative estimate of drug-likeness (QED) is 0.716. The Labute approximate surface area is 130 Å². The van der Waals surface area contributed by atoms with Crippen molar-refractivity contribution in [3.05, 3.63) is 46.0 Å². The fraction of sp³-hybridized carbons (Fsp3) is 0.600. The Morgan fingerprint density at radius 3 is 2.33 bits per heavy atom. The molecule has 0 saturated heterocycles. The number of aryl methyl sites for hydroxylation is 3. The second-order valence-corrected chi connectivity index (χ2v) is 6.54. The van der Waals surface area contributed by atoms with Gasteiger partial charge in [-0.05, 0) is 69.7 Å². The SMILES string of the molecule is CCNC(C1=CCCCCCC1)c1c(C)cc(C)cc1C. The first-order valence-corrected chi connectivity index (χ1v) is 8.63. The summed E-state index contributed by atoms with van der Waals surface area (Å²) in [6, 6.07) is 5.07. The van der Waals surface area contributed by atoms with E-state index in [9.17, 15) is 0 Å². The molecule has 0 heterocycles. The molecule has 1 unspecified atom stereocenters. The van der Waals surface area contributed by atoms with Crippen molar-refractivity contribution < 1.29 is 0 Å². The lowest BCUT2D eigenvalue weighted by molar-refractivity contribution is 0.551. The van der Waals surface area contributed by atoms with Crippen molar-refractivity contribution in [3.63, 3.8) is 0 Å². The molecule has 21 heavy (non-hydrogen) atoms. The minimum atomic E-state index is 0.411. The molecule has 1 atom stereocenters. The maximum Gasteiger partial charge on any atom is 0.0541 e. The molecule has 0 saturated carbocycles. The second-order valence-electron chi connectivity index (χ2n) is 6.54. The van der Waals surface area contributed by atoms with Gasteiger partial charge in [-0.15, -0.1) is 0 Å². The van der Waals surface area contributed by atoms with Crippen molar-refractivity contribution in [2.24, 2.45) is 0 Å². The number of hydrogen-bond acceptors (Lipinski definition) is 1. The van der Waals surface area contributed by atoms with Gasteiger partial charge in [0, 0.05) is 0 Å². The summed E-state index contributed by atoms with van der Waals surface area (Å²) in [5.41, 5.74) is 7.36. The summed E-state index contributed by atoms with van der Waals surface area (Å²) in [5.74, 6) is 0. The number of benzene rings is 1. The van der Waals surface area contributed by atoms with E-state index in [-0.39, 0.29) is 0 Å². The van der Waals surface area contributed by atoms with Gasteiger partial charge in [-0.2, -0.15) is 0 Å². The molecule has 1 N–H and O–H groups in total. The van der Waals surface area contributed by atoms with Gasteiger partial charge in [-0.25, -0.2) is 0 Å². The van der Waals surface area contributed by atoms with Gasteiger partial charge in [-0.1, -0.05) is 49.1 Å². The van der Waals surface area contributed by atoms with Crippen LogP contribution in [0.4, 0.5) is 0 Å². The van der Waals surface area contributed by atoms with Gasteiger partial charge >= 0.3 is 0 Å². The van der Waals surface area contributed by atoms with Crippen molar-refractivity contribution in [1.82, 2.24) is 5.32 Å². The highest BCUT2D eigenvalue weighted by atomic mass is 14.9. The molecule has 0 aromatic heterocycles. The summed E-state index contributed by atoms with van der Waals surface area (Å²) in [6.07, 6.45) is 10.5. The van der Waals surface area contributed by atoms with E-state index in [4.69, 9.17) is 0 Å². The normalized spacial score (nSPS) is 17.8. The maximum atomic E-state index is 3.75. The summed E-state index contributed by atoms with van der Waals surface area (Å²) in [7, 11) is 0. The van der Waals surface area contributed by atoms with E-state index in [1.807, 2.05) is 0 Å². The standard InChI is InChI=1S/C20H31N/c1-5-21-20(18-11-9-7-6-8-10-12-18)19-16(3)13-15(2)14-17(19)4/h11,13-14,20-21H,5-10,12H2,1-4H3. The van der Waals surface area contributed by atoms with E-state index in [0.717, 1.165) is 6.54 Å². The van der Waals surface area contributed by atoms with Crippen LogP contribution in [0.3, 0.4) is 0 Å². The molecule has 1 aromatic carbocycles. The van der Waals surface area contributed by atoms with Gasteiger partial charge in [-0.3, -0.25) is 0 Å². The van der Waals surface area contributed by atoms with Gasteiger partial charge in [0.25, 0.3) is 0 Å². The van der Waals surface area contributed by atoms with Gasteiger partial charge < -0.3 is 5.32 Å². The molecule has 1 aromatic rings. The molecule has 0 fully saturated rings. The van der Waals surface area contributed by atoms with Gasteiger partial charge in [0.1, 0.15) is 0 Å². The predicted octanol–water partition coefficient (Wildman–Crippen LogP) is 5.54. The molecule has 2 rings (SSSR count). The zero-order valence-electron chi connectivity index (χ0n) is 14.3. The number of rotatable bonds is 4. The number of likely N-dealkylation sites (N-methyl/N-ethyl adjacent to an activating group) is 1. The molecular formula is C20H31N. The highest BCUT2D eigenvalue weighted by molar-refractivity contribution is 5.43. The molecule has 0 spiro atoms. The average Bonchev–Trinajstić information content (AvgIpc) is 2.36. The van der Waals surface area contributed by atoms with Crippen molar-refractivity contribution in [3.8, 4) is 0 Å². The third-order valence-electron chi connectivity index (χ3n) is 4.63. The van der Waals surface area contributed by atoms with Crippen LogP contribution in [0.5, 0.6) is 0 Å². The van der Waals surface area contributed by atoms with Gasteiger partial charge in [0.05, 0.1) is 6.04 Å². The third kappa shape index (κ3) is 4.20. The largest absolute Gasteiger partial charge is 0.307 e. The Bertz CT molecular complexity index is 476. The first-order chi connectivity index (χ1) is 10.1. The third-order valence-corrected chi connectivity index (χ3v) is 4.63. The highest BCUT2D eigenvalue weighted by Crippen LogP contribution is 2.33. The lowest BCUT2D eigenvalue weighted by Gasteiger charge is -2.27. The van der Waals surface area contributed by atoms with E-state index in [2.05, 4.69) is 51.2 Å². The van der Waals surface area contributed by atoms with Crippen LogP contribution in [0, 0.1) is 20.8 Å².